The summed E-state index contributed by atoms with van der Waals surface area (Å²) in [6.07, 6.45) is 0.595. The van der Waals surface area contributed by atoms with Crippen molar-refractivity contribution in [3.63, 3.8) is 0 Å². The van der Waals surface area contributed by atoms with E-state index in [1.54, 1.807) is 6.92 Å². The van der Waals surface area contributed by atoms with E-state index < -0.39 is 12.0 Å². The third-order valence-corrected chi connectivity index (χ3v) is 3.15. The first-order valence-electron chi connectivity index (χ1n) is 7.35. The molecule has 1 aliphatic rings. The van der Waals surface area contributed by atoms with Crippen LogP contribution in [0, 0.1) is 0 Å². The van der Waals surface area contributed by atoms with Crippen molar-refractivity contribution in [3.8, 4) is 5.75 Å². The first-order chi connectivity index (χ1) is 10.6. The molecule has 120 valence electrons. The summed E-state index contributed by atoms with van der Waals surface area (Å²) < 4.78 is 15.6. The van der Waals surface area contributed by atoms with E-state index >= 15 is 0 Å². The van der Waals surface area contributed by atoms with E-state index in [-0.39, 0.29) is 18.6 Å². The number of carbonyl (C=O) groups is 2. The molecule has 1 saturated heterocycles. The van der Waals surface area contributed by atoms with E-state index in [4.69, 9.17) is 14.2 Å². The molecule has 2 rings (SSSR count). The van der Waals surface area contributed by atoms with Gasteiger partial charge in [-0.1, -0.05) is 12.1 Å². The molecule has 22 heavy (non-hydrogen) atoms. The molecule has 1 amide bonds. The molecule has 6 nitrogen and oxygen atoms in total. The first-order valence-corrected chi connectivity index (χ1v) is 7.35. The molecule has 0 spiro atoms. The van der Waals surface area contributed by atoms with Crippen molar-refractivity contribution in [1.29, 1.82) is 0 Å². The van der Waals surface area contributed by atoms with E-state index in [2.05, 4.69) is 5.32 Å². The smallest absolute Gasteiger partial charge is 0.328 e. The number of esters is 1. The molecule has 0 bridgehead atoms. The van der Waals surface area contributed by atoms with E-state index in [0.29, 0.717) is 13.0 Å². The van der Waals surface area contributed by atoms with Crippen molar-refractivity contribution in [2.75, 3.05) is 19.8 Å². The summed E-state index contributed by atoms with van der Waals surface area (Å²) in [6.45, 7) is 4.71. The van der Waals surface area contributed by atoms with E-state index in [9.17, 15) is 9.59 Å². The quantitative estimate of drug-likeness (QED) is 0.574. The Labute approximate surface area is 129 Å². The van der Waals surface area contributed by atoms with Crippen molar-refractivity contribution in [1.82, 2.24) is 5.32 Å². The Balaban J connectivity index is 1.92. The van der Waals surface area contributed by atoms with Crippen LogP contribution in [-0.2, 0) is 25.5 Å². The topological polar surface area (TPSA) is 77.2 Å². The molecule has 0 aliphatic carbocycles. The second kappa shape index (κ2) is 7.79. The summed E-state index contributed by atoms with van der Waals surface area (Å²) in [6, 6.07) is 6.75. The van der Waals surface area contributed by atoms with Gasteiger partial charge < -0.3 is 19.5 Å². The van der Waals surface area contributed by atoms with Crippen LogP contribution in [0.2, 0.25) is 0 Å². The van der Waals surface area contributed by atoms with Crippen molar-refractivity contribution in [2.24, 2.45) is 0 Å². The maximum atomic E-state index is 11.9. The number of epoxide rings is 1. The summed E-state index contributed by atoms with van der Waals surface area (Å²) in [7, 11) is 0. The van der Waals surface area contributed by atoms with Gasteiger partial charge in [0.1, 0.15) is 24.5 Å². The zero-order valence-electron chi connectivity index (χ0n) is 12.8. The van der Waals surface area contributed by atoms with E-state index in [1.165, 1.54) is 6.92 Å². The van der Waals surface area contributed by atoms with Gasteiger partial charge >= 0.3 is 5.97 Å². The van der Waals surface area contributed by atoms with Gasteiger partial charge in [0.05, 0.1) is 13.2 Å². The van der Waals surface area contributed by atoms with Crippen molar-refractivity contribution in [2.45, 2.75) is 32.4 Å². The van der Waals surface area contributed by atoms with Gasteiger partial charge in [-0.25, -0.2) is 4.79 Å². The van der Waals surface area contributed by atoms with Gasteiger partial charge in [0.2, 0.25) is 5.91 Å². The lowest BCUT2D eigenvalue weighted by Gasteiger charge is -2.16. The largest absolute Gasteiger partial charge is 0.491 e. The zero-order valence-corrected chi connectivity index (χ0v) is 12.8. The number of amides is 1. The fourth-order valence-electron chi connectivity index (χ4n) is 1.99. The van der Waals surface area contributed by atoms with Gasteiger partial charge in [0.25, 0.3) is 0 Å². The van der Waals surface area contributed by atoms with Crippen molar-refractivity contribution >= 4 is 11.9 Å². The molecule has 1 N–H and O–H groups in total. The van der Waals surface area contributed by atoms with Crippen molar-refractivity contribution in [3.05, 3.63) is 29.8 Å². The normalized spacial score (nSPS) is 17.5. The molecular weight excluding hydrogens is 286 g/mol. The Morgan fingerprint density at radius 1 is 1.36 bits per heavy atom. The lowest BCUT2D eigenvalue weighted by Crippen LogP contribution is -2.42. The predicted molar refractivity (Wildman–Crippen MR) is 79.6 cm³/mol. The fourth-order valence-corrected chi connectivity index (χ4v) is 1.99. The van der Waals surface area contributed by atoms with Crippen molar-refractivity contribution < 1.29 is 23.8 Å². The summed E-state index contributed by atoms with van der Waals surface area (Å²) in [5.41, 5.74) is 0.918. The Bertz CT molecular complexity index is 510. The molecule has 1 aromatic carbocycles. The average molecular weight is 307 g/mol. The minimum Gasteiger partial charge on any atom is -0.491 e. The van der Waals surface area contributed by atoms with Gasteiger partial charge in [0.15, 0.2) is 0 Å². The number of nitrogens with one attached hydrogen (secondary N) is 1. The molecule has 1 heterocycles. The molecule has 0 radical (unpaired) electrons. The Kier molecular flexibility index (Phi) is 5.77. The molecular formula is C16H21NO5. The molecule has 2 atom stereocenters. The number of ether oxygens (including phenoxy) is 3. The molecule has 0 saturated carbocycles. The number of carbonyl (C=O) groups excluding carboxylic acids is 2. The number of benzene rings is 1. The first kappa shape index (κ1) is 16.3. The van der Waals surface area contributed by atoms with Crippen LogP contribution in [0.5, 0.6) is 5.75 Å². The van der Waals surface area contributed by atoms with Crippen LogP contribution < -0.4 is 10.1 Å². The maximum Gasteiger partial charge on any atom is 0.328 e. The lowest BCUT2D eigenvalue weighted by molar-refractivity contribution is -0.147. The number of rotatable bonds is 8. The van der Waals surface area contributed by atoms with E-state index in [1.807, 2.05) is 24.3 Å². The molecule has 1 unspecified atom stereocenters. The summed E-state index contributed by atoms with van der Waals surface area (Å²) >= 11 is 0. The highest BCUT2D eigenvalue weighted by atomic mass is 16.6. The summed E-state index contributed by atoms with van der Waals surface area (Å²) in [4.78, 5) is 23.1. The average Bonchev–Trinajstić information content (AvgIpc) is 3.30. The highest BCUT2D eigenvalue weighted by molar-refractivity contribution is 5.83. The van der Waals surface area contributed by atoms with E-state index in [0.717, 1.165) is 17.9 Å². The predicted octanol–water partition coefficient (Wildman–Crippen LogP) is 1.07. The van der Waals surface area contributed by atoms with Crippen LogP contribution in [0.3, 0.4) is 0 Å². The molecule has 0 aromatic heterocycles. The lowest BCUT2D eigenvalue weighted by atomic mass is 10.1. The van der Waals surface area contributed by atoms with Crippen LogP contribution >= 0.6 is 0 Å². The zero-order chi connectivity index (χ0) is 15.9. The molecule has 6 heteroatoms. The SMILES string of the molecule is CCOC(=O)[C@H](Cc1ccc(OCC2CO2)cc1)NC(C)=O. The summed E-state index contributed by atoms with van der Waals surface area (Å²) in [5, 5.41) is 2.61. The highest BCUT2D eigenvalue weighted by Gasteiger charge is 2.23. The van der Waals surface area contributed by atoms with Crippen LogP contribution in [0.15, 0.2) is 24.3 Å². The second-order valence-electron chi connectivity index (χ2n) is 5.12. The minimum atomic E-state index is -0.677. The van der Waals surface area contributed by atoms with Gasteiger partial charge in [-0.05, 0) is 24.6 Å². The van der Waals surface area contributed by atoms with Gasteiger partial charge in [0, 0.05) is 13.3 Å². The third-order valence-electron chi connectivity index (χ3n) is 3.15. The Hall–Kier alpha value is -2.08. The van der Waals surface area contributed by atoms with Gasteiger partial charge in [-0.2, -0.15) is 0 Å². The number of hydrogen-bond donors (Lipinski definition) is 1. The van der Waals surface area contributed by atoms with Crippen LogP contribution in [-0.4, -0.2) is 43.8 Å². The third kappa shape index (κ3) is 5.37. The number of hydrogen-bond acceptors (Lipinski definition) is 5. The molecule has 1 aromatic rings. The highest BCUT2D eigenvalue weighted by Crippen LogP contribution is 2.16. The molecule has 1 aliphatic heterocycles. The monoisotopic (exact) mass is 307 g/mol. The fraction of sp³-hybridized carbons (Fsp3) is 0.500. The van der Waals surface area contributed by atoms with Gasteiger partial charge in [-0.3, -0.25) is 4.79 Å². The second-order valence-corrected chi connectivity index (χ2v) is 5.12. The standard InChI is InChI=1S/C16H21NO5/c1-3-20-16(19)15(17-11(2)18)8-12-4-6-13(7-5-12)21-9-14-10-22-14/h4-7,14-15H,3,8-10H2,1-2H3,(H,17,18)/t14?,15-/m0/s1. The maximum absolute atomic E-state index is 11.9. The Morgan fingerprint density at radius 2 is 2.05 bits per heavy atom. The van der Waals surface area contributed by atoms with Crippen LogP contribution in [0.1, 0.15) is 19.4 Å². The van der Waals surface area contributed by atoms with Gasteiger partial charge in [-0.15, -0.1) is 0 Å². The Morgan fingerprint density at radius 3 is 2.59 bits per heavy atom. The van der Waals surface area contributed by atoms with Crippen LogP contribution in [0.25, 0.3) is 0 Å². The van der Waals surface area contributed by atoms with Crippen LogP contribution in [0.4, 0.5) is 0 Å². The minimum absolute atomic E-state index is 0.215. The molecule has 1 fully saturated rings. The summed E-state index contributed by atoms with van der Waals surface area (Å²) in [5.74, 6) is 0.0674.